The molecule has 1 rings (SSSR count). The summed E-state index contributed by atoms with van der Waals surface area (Å²) in [5.74, 6) is -0.0743. The van der Waals surface area contributed by atoms with Crippen LogP contribution in [0.1, 0.15) is 6.42 Å². The number of hydrogen-bond donors (Lipinski definition) is 0. The molecule has 5 heteroatoms. The Morgan fingerprint density at radius 2 is 2.43 bits per heavy atom. The second-order valence-electron chi connectivity index (χ2n) is 3.12. The number of carbonyl (C=O) groups is 1. The van der Waals surface area contributed by atoms with E-state index in [4.69, 9.17) is 5.26 Å². The van der Waals surface area contributed by atoms with Crippen LogP contribution in [-0.4, -0.2) is 39.6 Å². The van der Waals surface area contributed by atoms with Crippen LogP contribution in [0.15, 0.2) is 12.7 Å². The lowest BCUT2D eigenvalue weighted by atomic mass is 10.1. The zero-order valence-corrected chi connectivity index (χ0v) is 9.98. The van der Waals surface area contributed by atoms with Crippen LogP contribution >= 0.6 is 22.9 Å². The number of nitrogens with zero attached hydrogens (tertiary/aromatic N) is 3. The third-order valence-corrected chi connectivity index (χ3v) is 3.09. The maximum atomic E-state index is 11.4. The molecule has 0 saturated carbocycles. The van der Waals surface area contributed by atoms with Crippen molar-refractivity contribution in [2.45, 2.75) is 12.5 Å². The Hall–Kier alpha value is -0.610. The van der Waals surface area contributed by atoms with Gasteiger partial charge in [0.25, 0.3) is 0 Å². The topological polar surface area (TPSA) is 47.3 Å². The first-order chi connectivity index (χ1) is 6.69. The van der Waals surface area contributed by atoms with Gasteiger partial charge in [-0.15, -0.1) is 0 Å². The monoisotopic (exact) mass is 305 g/mol. The van der Waals surface area contributed by atoms with E-state index in [2.05, 4.69) is 38.6 Å². The Bertz CT molecular complexity index is 274. The molecule has 0 aromatic heterocycles. The molecule has 0 aromatic carbocycles. The van der Waals surface area contributed by atoms with Crippen LogP contribution in [0.25, 0.3) is 0 Å². The average molecular weight is 305 g/mol. The third-order valence-electron chi connectivity index (χ3n) is 2.22. The quantitative estimate of drug-likeness (QED) is 0.433. The molecule has 1 amide bonds. The Labute approximate surface area is 97.7 Å². The largest absolute Gasteiger partial charge is 0.333 e. The lowest BCUT2D eigenvalue weighted by Crippen LogP contribution is -2.51. The molecule has 0 N–H and O–H groups in total. The van der Waals surface area contributed by atoms with Crippen molar-refractivity contribution < 1.29 is 4.79 Å². The number of piperazine rings is 1. The molecule has 0 radical (unpaired) electrons. The van der Waals surface area contributed by atoms with Crippen molar-refractivity contribution >= 4 is 28.8 Å². The molecule has 0 aliphatic carbocycles. The SMILES string of the molecule is C=CC(=O)N1CCN(I)C[C@H]1CC#N. The minimum atomic E-state index is -0.0743. The minimum absolute atomic E-state index is 0.0103. The normalized spacial score (nSPS) is 22.9. The minimum Gasteiger partial charge on any atom is -0.333 e. The number of hydrogen-bond acceptors (Lipinski definition) is 3. The van der Waals surface area contributed by atoms with Gasteiger partial charge in [-0.2, -0.15) is 5.26 Å². The van der Waals surface area contributed by atoms with Crippen LogP contribution in [0.3, 0.4) is 0 Å². The summed E-state index contributed by atoms with van der Waals surface area (Å²) in [6.45, 7) is 5.75. The van der Waals surface area contributed by atoms with Gasteiger partial charge in [-0.1, -0.05) is 6.58 Å². The third kappa shape index (κ3) is 2.69. The molecule has 14 heavy (non-hydrogen) atoms. The number of rotatable bonds is 2. The molecule has 1 atom stereocenters. The molecule has 0 spiro atoms. The lowest BCUT2D eigenvalue weighted by molar-refractivity contribution is -0.129. The van der Waals surface area contributed by atoms with E-state index in [1.54, 1.807) is 4.90 Å². The average Bonchev–Trinajstić information content (AvgIpc) is 2.17. The van der Waals surface area contributed by atoms with Gasteiger partial charge in [0.1, 0.15) is 0 Å². The highest BCUT2D eigenvalue weighted by Crippen LogP contribution is 2.15. The van der Waals surface area contributed by atoms with Crippen molar-refractivity contribution in [2.75, 3.05) is 19.6 Å². The predicted molar refractivity (Wildman–Crippen MR) is 61.5 cm³/mol. The molecule has 4 nitrogen and oxygen atoms in total. The summed E-state index contributed by atoms with van der Waals surface area (Å²) in [7, 11) is 0. The fourth-order valence-electron chi connectivity index (χ4n) is 1.50. The van der Waals surface area contributed by atoms with Crippen LogP contribution in [0.2, 0.25) is 0 Å². The predicted octanol–water partition coefficient (Wildman–Crippen LogP) is 0.949. The van der Waals surface area contributed by atoms with E-state index in [-0.39, 0.29) is 11.9 Å². The first kappa shape index (κ1) is 11.5. The molecule has 1 aliphatic heterocycles. The fraction of sp³-hybridized carbons (Fsp3) is 0.556. The molecule has 1 saturated heterocycles. The fourth-order valence-corrected chi connectivity index (χ4v) is 2.18. The van der Waals surface area contributed by atoms with Crippen molar-refractivity contribution in [3.63, 3.8) is 0 Å². The van der Waals surface area contributed by atoms with Gasteiger partial charge in [0.05, 0.1) is 18.5 Å². The second kappa shape index (κ2) is 5.32. The zero-order valence-electron chi connectivity index (χ0n) is 7.82. The first-order valence-corrected chi connectivity index (χ1v) is 5.36. The van der Waals surface area contributed by atoms with E-state index in [9.17, 15) is 4.79 Å². The molecule has 1 heterocycles. The molecule has 1 aliphatic rings. The standard InChI is InChI=1S/C9H12IN3O/c1-2-9(14)13-6-5-12(10)7-8(13)3-4-11/h2,8H,1,3,5-7H2/t8-/m1/s1. The maximum Gasteiger partial charge on any atom is 0.246 e. The van der Waals surface area contributed by atoms with E-state index in [0.29, 0.717) is 13.0 Å². The molecule has 1 fully saturated rings. The van der Waals surface area contributed by atoms with Crippen LogP contribution in [0, 0.1) is 11.3 Å². The van der Waals surface area contributed by atoms with Gasteiger partial charge in [-0.05, 0) is 6.08 Å². The first-order valence-electron chi connectivity index (χ1n) is 4.39. The molecular weight excluding hydrogens is 293 g/mol. The maximum absolute atomic E-state index is 11.4. The Morgan fingerprint density at radius 1 is 1.71 bits per heavy atom. The second-order valence-corrected chi connectivity index (χ2v) is 4.49. The van der Waals surface area contributed by atoms with Gasteiger partial charge in [0.15, 0.2) is 0 Å². The van der Waals surface area contributed by atoms with Crippen molar-refractivity contribution in [1.29, 1.82) is 5.26 Å². The summed E-state index contributed by atoms with van der Waals surface area (Å²) in [4.78, 5) is 13.2. The highest BCUT2D eigenvalue weighted by atomic mass is 127. The van der Waals surface area contributed by atoms with E-state index in [1.165, 1.54) is 6.08 Å². The smallest absolute Gasteiger partial charge is 0.246 e. The summed E-state index contributed by atoms with van der Waals surface area (Å²) in [6, 6.07) is 2.12. The number of halogens is 1. The number of carbonyl (C=O) groups excluding carboxylic acids is 1. The lowest BCUT2D eigenvalue weighted by Gasteiger charge is -2.37. The van der Waals surface area contributed by atoms with Crippen molar-refractivity contribution in [2.24, 2.45) is 0 Å². The van der Waals surface area contributed by atoms with Crippen LogP contribution < -0.4 is 0 Å². The summed E-state index contributed by atoms with van der Waals surface area (Å²) >= 11 is 2.22. The summed E-state index contributed by atoms with van der Waals surface area (Å²) in [5, 5.41) is 8.64. The number of nitriles is 1. The zero-order chi connectivity index (χ0) is 10.6. The molecule has 76 valence electrons. The van der Waals surface area contributed by atoms with Crippen molar-refractivity contribution in [1.82, 2.24) is 8.01 Å². The van der Waals surface area contributed by atoms with Gasteiger partial charge in [0, 0.05) is 42.5 Å². The van der Waals surface area contributed by atoms with Crippen molar-refractivity contribution in [3.05, 3.63) is 12.7 Å². The molecule has 0 bridgehead atoms. The van der Waals surface area contributed by atoms with Crippen LogP contribution in [0.4, 0.5) is 0 Å². The van der Waals surface area contributed by atoms with E-state index < -0.39 is 0 Å². The Balaban J connectivity index is 2.67. The van der Waals surface area contributed by atoms with Crippen LogP contribution in [0.5, 0.6) is 0 Å². The van der Waals surface area contributed by atoms with Crippen molar-refractivity contribution in [3.8, 4) is 6.07 Å². The van der Waals surface area contributed by atoms with Gasteiger partial charge < -0.3 is 4.90 Å². The van der Waals surface area contributed by atoms with Gasteiger partial charge in [-0.3, -0.25) is 4.79 Å². The summed E-state index contributed by atoms with van der Waals surface area (Å²) in [5.41, 5.74) is 0. The van der Waals surface area contributed by atoms with Gasteiger partial charge in [-0.25, -0.2) is 3.11 Å². The van der Waals surface area contributed by atoms with E-state index in [1.807, 2.05) is 0 Å². The molecule has 0 unspecified atom stereocenters. The summed E-state index contributed by atoms with van der Waals surface area (Å²) in [6.07, 6.45) is 1.70. The Kier molecular flexibility index (Phi) is 4.35. The van der Waals surface area contributed by atoms with Crippen LogP contribution in [-0.2, 0) is 4.79 Å². The highest BCUT2D eigenvalue weighted by Gasteiger charge is 2.27. The van der Waals surface area contributed by atoms with E-state index >= 15 is 0 Å². The van der Waals surface area contributed by atoms with Gasteiger partial charge >= 0.3 is 0 Å². The van der Waals surface area contributed by atoms with E-state index in [0.717, 1.165) is 13.1 Å². The number of amides is 1. The summed E-state index contributed by atoms with van der Waals surface area (Å²) < 4.78 is 2.10. The molecular formula is C9H12IN3O. The Morgan fingerprint density at radius 3 is 3.00 bits per heavy atom. The highest BCUT2D eigenvalue weighted by molar-refractivity contribution is 14.1. The molecule has 0 aromatic rings. The van der Waals surface area contributed by atoms with Gasteiger partial charge in [0.2, 0.25) is 5.91 Å².